The minimum absolute atomic E-state index is 0.0509. The summed E-state index contributed by atoms with van der Waals surface area (Å²) in [5, 5.41) is 1.86. The van der Waals surface area contributed by atoms with Crippen molar-refractivity contribution in [2.75, 3.05) is 0 Å². The first-order valence-electron chi connectivity index (χ1n) is 7.91. The fraction of sp³-hybridized carbons (Fsp3) is 0.353. The lowest BCUT2D eigenvalue weighted by atomic mass is 10.1. The number of hydrogen-bond donors (Lipinski definition) is 2. The predicted molar refractivity (Wildman–Crippen MR) is 94.5 cm³/mol. The number of amides is 2. The van der Waals surface area contributed by atoms with E-state index in [2.05, 4.69) is 10.9 Å². The molecule has 0 radical (unpaired) electrons. The molecule has 3 rings (SSSR count). The first-order chi connectivity index (χ1) is 11.6. The highest BCUT2D eigenvalue weighted by Gasteiger charge is 2.18. The van der Waals surface area contributed by atoms with Gasteiger partial charge in [-0.1, -0.05) is 6.07 Å². The highest BCUT2D eigenvalue weighted by atomic mass is 32.1. The zero-order chi connectivity index (χ0) is 16.9. The van der Waals surface area contributed by atoms with E-state index in [1.165, 1.54) is 33.1 Å². The van der Waals surface area contributed by atoms with Crippen LogP contribution in [0.25, 0.3) is 0 Å². The quantitative estimate of drug-likeness (QED) is 0.612. The summed E-state index contributed by atoms with van der Waals surface area (Å²) in [5.74, 6) is -0.515. The Labute approximate surface area is 148 Å². The van der Waals surface area contributed by atoms with E-state index in [-0.39, 0.29) is 24.0 Å². The van der Waals surface area contributed by atoms with Gasteiger partial charge in [0.1, 0.15) is 0 Å². The summed E-state index contributed by atoms with van der Waals surface area (Å²) < 4.78 is 0. The Morgan fingerprint density at radius 2 is 1.96 bits per heavy atom. The maximum Gasteiger partial charge on any atom is 0.279 e. The minimum Gasteiger partial charge on any atom is -0.293 e. The Kier molecular flexibility index (Phi) is 5.42. The second-order valence-corrected chi connectivity index (χ2v) is 7.75. The number of thiophene rings is 2. The van der Waals surface area contributed by atoms with Gasteiger partial charge in [0.05, 0.1) is 9.75 Å². The maximum atomic E-state index is 12.0. The van der Waals surface area contributed by atoms with Crippen LogP contribution in [0.5, 0.6) is 0 Å². The third-order valence-electron chi connectivity index (χ3n) is 3.89. The number of rotatable bonds is 6. The molecule has 1 aliphatic carbocycles. The number of nitrogens with one attached hydrogen (secondary N) is 2. The second-order valence-electron chi connectivity index (χ2n) is 5.67. The van der Waals surface area contributed by atoms with Gasteiger partial charge in [0, 0.05) is 17.7 Å². The molecule has 2 aromatic rings. The van der Waals surface area contributed by atoms with Gasteiger partial charge in [-0.2, -0.15) is 0 Å². The van der Waals surface area contributed by atoms with Crippen molar-refractivity contribution in [2.45, 2.75) is 38.5 Å². The van der Waals surface area contributed by atoms with Crippen molar-refractivity contribution in [1.29, 1.82) is 0 Å². The number of carbonyl (C=O) groups is 3. The zero-order valence-corrected chi connectivity index (χ0v) is 14.7. The van der Waals surface area contributed by atoms with Gasteiger partial charge >= 0.3 is 0 Å². The van der Waals surface area contributed by atoms with Crippen molar-refractivity contribution < 1.29 is 14.4 Å². The van der Waals surface area contributed by atoms with Gasteiger partial charge in [-0.25, -0.2) is 0 Å². The molecule has 2 N–H and O–H groups in total. The normalized spacial score (nSPS) is 12.7. The Morgan fingerprint density at radius 1 is 1.08 bits per heavy atom. The Morgan fingerprint density at radius 3 is 2.71 bits per heavy atom. The number of aryl methyl sites for hydroxylation is 2. The van der Waals surface area contributed by atoms with Gasteiger partial charge in [0.25, 0.3) is 5.91 Å². The molecule has 1 aliphatic rings. The number of ketones is 1. The number of Topliss-reactive ketones (excluding diaryl/α,β-unsaturated/α-hetero) is 1. The van der Waals surface area contributed by atoms with Gasteiger partial charge in [0.2, 0.25) is 5.91 Å². The molecule has 126 valence electrons. The monoisotopic (exact) mass is 362 g/mol. The molecule has 5 nitrogen and oxygen atoms in total. The fourth-order valence-electron chi connectivity index (χ4n) is 2.66. The van der Waals surface area contributed by atoms with E-state index in [4.69, 9.17) is 0 Å². The summed E-state index contributed by atoms with van der Waals surface area (Å²) in [6.45, 7) is 0. The van der Waals surface area contributed by atoms with E-state index in [1.807, 2.05) is 17.5 Å². The van der Waals surface area contributed by atoms with Crippen LogP contribution in [0.3, 0.4) is 0 Å². The number of hydrazine groups is 1. The number of hydrogen-bond acceptors (Lipinski definition) is 5. The molecule has 2 amide bonds. The summed E-state index contributed by atoms with van der Waals surface area (Å²) >= 11 is 2.90. The summed E-state index contributed by atoms with van der Waals surface area (Å²) in [4.78, 5) is 38.2. The predicted octanol–water partition coefficient (Wildman–Crippen LogP) is 3.11. The first kappa shape index (κ1) is 16.9. The van der Waals surface area contributed by atoms with E-state index >= 15 is 0 Å². The summed E-state index contributed by atoms with van der Waals surface area (Å²) in [7, 11) is 0. The van der Waals surface area contributed by atoms with Crippen molar-refractivity contribution >= 4 is 40.3 Å². The van der Waals surface area contributed by atoms with Crippen LogP contribution < -0.4 is 10.9 Å². The Balaban J connectivity index is 1.37. The summed E-state index contributed by atoms with van der Waals surface area (Å²) in [6.07, 6.45) is 4.23. The first-order valence-corrected chi connectivity index (χ1v) is 9.60. The minimum atomic E-state index is -0.286. The topological polar surface area (TPSA) is 75.3 Å². The fourth-order valence-corrected chi connectivity index (χ4v) is 4.50. The Hall–Kier alpha value is -1.99. The lowest BCUT2D eigenvalue weighted by Gasteiger charge is -2.06. The maximum absolute atomic E-state index is 12.0. The van der Waals surface area contributed by atoms with Gasteiger partial charge < -0.3 is 0 Å². The van der Waals surface area contributed by atoms with Crippen molar-refractivity contribution in [2.24, 2.45) is 0 Å². The molecule has 7 heteroatoms. The van der Waals surface area contributed by atoms with Gasteiger partial charge in [-0.3, -0.25) is 25.2 Å². The SMILES string of the molecule is O=C(CCCC(=O)c1cccs1)NNC(=O)c1cc2c(s1)CCC2. The van der Waals surface area contributed by atoms with Crippen molar-refractivity contribution in [3.05, 3.63) is 43.8 Å². The van der Waals surface area contributed by atoms with E-state index in [1.54, 1.807) is 6.07 Å². The molecular weight excluding hydrogens is 344 g/mol. The molecule has 0 aromatic carbocycles. The molecule has 0 saturated heterocycles. The molecule has 0 fully saturated rings. The van der Waals surface area contributed by atoms with E-state index in [0.29, 0.717) is 17.7 Å². The van der Waals surface area contributed by atoms with Gasteiger partial charge in [-0.05, 0) is 48.8 Å². The van der Waals surface area contributed by atoms with Crippen LogP contribution in [0.1, 0.15) is 55.5 Å². The Bertz CT molecular complexity index is 728. The molecule has 0 atom stereocenters. The molecule has 0 spiro atoms. The average Bonchev–Trinajstić information content (AvgIpc) is 3.27. The van der Waals surface area contributed by atoms with Crippen LogP contribution >= 0.6 is 22.7 Å². The third-order valence-corrected chi connectivity index (χ3v) is 6.04. The largest absolute Gasteiger partial charge is 0.293 e. The van der Waals surface area contributed by atoms with Crippen molar-refractivity contribution in [1.82, 2.24) is 10.9 Å². The highest BCUT2D eigenvalue weighted by Crippen LogP contribution is 2.30. The molecule has 24 heavy (non-hydrogen) atoms. The van der Waals surface area contributed by atoms with E-state index < -0.39 is 0 Å². The van der Waals surface area contributed by atoms with Crippen molar-refractivity contribution in [3.8, 4) is 0 Å². The van der Waals surface area contributed by atoms with Crippen LogP contribution in [0.2, 0.25) is 0 Å². The number of fused-ring (bicyclic) bond motifs is 1. The van der Waals surface area contributed by atoms with Crippen LogP contribution in [-0.4, -0.2) is 17.6 Å². The summed E-state index contributed by atoms with van der Waals surface area (Å²) in [6, 6.07) is 5.53. The zero-order valence-electron chi connectivity index (χ0n) is 13.1. The molecule has 0 bridgehead atoms. The van der Waals surface area contributed by atoms with Crippen LogP contribution in [0.4, 0.5) is 0 Å². The standard InChI is InChI=1S/C17H18N2O3S2/c20-12(14-7-3-9-23-14)5-2-8-16(21)18-19-17(22)15-10-11-4-1-6-13(11)24-15/h3,7,9-10H,1-2,4-6,8H2,(H,18,21)(H,19,22). The van der Waals surface area contributed by atoms with Crippen LogP contribution in [0, 0.1) is 0 Å². The van der Waals surface area contributed by atoms with Crippen LogP contribution in [0.15, 0.2) is 23.6 Å². The summed E-state index contributed by atoms with van der Waals surface area (Å²) in [5.41, 5.74) is 6.11. The van der Waals surface area contributed by atoms with E-state index in [0.717, 1.165) is 24.1 Å². The van der Waals surface area contributed by atoms with Gasteiger partial charge in [0.15, 0.2) is 5.78 Å². The molecular formula is C17H18N2O3S2. The smallest absolute Gasteiger partial charge is 0.279 e. The van der Waals surface area contributed by atoms with E-state index in [9.17, 15) is 14.4 Å². The average molecular weight is 362 g/mol. The lowest BCUT2D eigenvalue weighted by molar-refractivity contribution is -0.121. The van der Waals surface area contributed by atoms with Crippen LogP contribution in [-0.2, 0) is 17.6 Å². The molecule has 2 aromatic heterocycles. The molecule has 0 aliphatic heterocycles. The molecule has 2 heterocycles. The molecule has 0 saturated carbocycles. The number of carbonyl (C=O) groups excluding carboxylic acids is 3. The second kappa shape index (κ2) is 7.72. The van der Waals surface area contributed by atoms with Gasteiger partial charge in [-0.15, -0.1) is 22.7 Å². The lowest BCUT2D eigenvalue weighted by Crippen LogP contribution is -2.41. The highest BCUT2D eigenvalue weighted by molar-refractivity contribution is 7.14. The van der Waals surface area contributed by atoms with Crippen molar-refractivity contribution in [3.63, 3.8) is 0 Å². The molecule has 0 unspecified atom stereocenters. The third kappa shape index (κ3) is 4.10.